The van der Waals surface area contributed by atoms with Crippen LogP contribution >= 0.6 is 11.6 Å². The molecule has 2 unspecified atom stereocenters. The zero-order valence-electron chi connectivity index (χ0n) is 13.3. The molecule has 10 heteroatoms. The summed E-state index contributed by atoms with van der Waals surface area (Å²) in [6, 6.07) is 3.37. The predicted octanol–water partition coefficient (Wildman–Crippen LogP) is 1.42. The van der Waals surface area contributed by atoms with Gasteiger partial charge in [0.25, 0.3) is 5.91 Å². The molecule has 0 bridgehead atoms. The first-order valence-electron chi connectivity index (χ1n) is 7.42. The number of carbonyl (C=O) groups is 3. The molecule has 9 nitrogen and oxygen atoms in total. The van der Waals surface area contributed by atoms with E-state index in [1.165, 1.54) is 6.07 Å². The summed E-state index contributed by atoms with van der Waals surface area (Å²) in [7, 11) is 0. The van der Waals surface area contributed by atoms with E-state index in [0.29, 0.717) is 10.1 Å². The molecule has 0 N–H and O–H groups in total. The third kappa shape index (κ3) is 2.56. The molecular weight excluding hydrogens is 352 g/mol. The molecule has 25 heavy (non-hydrogen) atoms. The van der Waals surface area contributed by atoms with Crippen molar-refractivity contribution in [1.82, 2.24) is 5.12 Å². The topological polar surface area (TPSA) is 109 Å². The minimum atomic E-state index is -1.30. The Morgan fingerprint density at radius 1 is 1.36 bits per heavy atom. The van der Waals surface area contributed by atoms with Gasteiger partial charge in [0, 0.05) is 5.02 Å². The van der Waals surface area contributed by atoms with E-state index >= 15 is 0 Å². The molecule has 1 aromatic carbocycles. The highest BCUT2D eigenvalue weighted by molar-refractivity contribution is 6.46. The molecule has 2 amide bonds. The molecule has 0 radical (unpaired) electrons. The monoisotopic (exact) mass is 364 g/mol. The predicted molar refractivity (Wildman–Crippen MR) is 87.7 cm³/mol. The van der Waals surface area contributed by atoms with Gasteiger partial charge in [-0.3, -0.25) is 9.59 Å². The molecule has 0 spiro atoms. The van der Waals surface area contributed by atoms with E-state index in [2.05, 4.69) is 10.4 Å². The Morgan fingerprint density at radius 2 is 2.08 bits per heavy atom. The maximum Gasteiger partial charge on any atom is 0.355 e. The normalized spacial score (nSPS) is 22.1. The fourth-order valence-corrected chi connectivity index (χ4v) is 2.98. The van der Waals surface area contributed by atoms with Crippen LogP contribution in [0, 0.1) is 17.7 Å². The van der Waals surface area contributed by atoms with Gasteiger partial charge in [-0.1, -0.05) is 17.7 Å². The number of nitrogens with zero attached hydrogens (tertiary/aromatic N) is 4. The van der Waals surface area contributed by atoms with Crippen molar-refractivity contribution in [2.24, 2.45) is 16.3 Å². The molecule has 1 fully saturated rings. The Kier molecular flexibility index (Phi) is 4.25. The highest BCUT2D eigenvalue weighted by atomic mass is 35.5. The minimum Gasteiger partial charge on any atom is -0.461 e. The summed E-state index contributed by atoms with van der Waals surface area (Å²) in [6.07, 6.45) is 0. The number of anilines is 1. The van der Waals surface area contributed by atoms with Crippen molar-refractivity contribution >= 4 is 40.8 Å². The summed E-state index contributed by atoms with van der Waals surface area (Å²) in [4.78, 5) is 49.3. The van der Waals surface area contributed by atoms with Crippen molar-refractivity contribution in [3.63, 3.8) is 0 Å². The summed E-state index contributed by atoms with van der Waals surface area (Å²) in [5, 5.41) is 7.21. The Balaban J connectivity index is 2.02. The summed E-state index contributed by atoms with van der Waals surface area (Å²) in [6.45, 7) is 3.42. The Labute approximate surface area is 147 Å². The van der Waals surface area contributed by atoms with Crippen LogP contribution in [0.4, 0.5) is 5.69 Å². The molecule has 2 heterocycles. The number of amides is 2. The third-order valence-corrected chi connectivity index (χ3v) is 4.42. The summed E-state index contributed by atoms with van der Waals surface area (Å²) < 4.78 is 4.84. The number of fused-ring (bicyclic) bond motifs is 1. The Bertz CT molecular complexity index is 824. The molecule has 2 aliphatic rings. The van der Waals surface area contributed by atoms with Crippen LogP contribution in [0.1, 0.15) is 12.5 Å². The van der Waals surface area contributed by atoms with Crippen molar-refractivity contribution in [3.05, 3.63) is 33.7 Å². The number of hydrogen-bond acceptors (Lipinski definition) is 7. The van der Waals surface area contributed by atoms with Crippen molar-refractivity contribution in [3.8, 4) is 0 Å². The van der Waals surface area contributed by atoms with Crippen LogP contribution in [0.5, 0.6) is 0 Å². The molecule has 3 rings (SSSR count). The molecule has 130 valence electrons. The van der Waals surface area contributed by atoms with E-state index in [9.17, 15) is 19.3 Å². The van der Waals surface area contributed by atoms with Gasteiger partial charge in [-0.25, -0.2) is 9.69 Å². The second-order valence-corrected chi connectivity index (χ2v) is 5.88. The van der Waals surface area contributed by atoms with Crippen LogP contribution in [-0.2, 0) is 19.1 Å². The largest absolute Gasteiger partial charge is 0.461 e. The number of hydrazone groups is 1. The van der Waals surface area contributed by atoms with E-state index in [1.807, 2.05) is 0 Å². The Hall–Kier alpha value is -2.81. The van der Waals surface area contributed by atoms with Crippen molar-refractivity contribution in [1.29, 1.82) is 0 Å². The standard InChI is InChI=1S/C15H13ClN4O5/c1-3-25-15(23)11-10-12(20(17-11)18-24)14(22)19(13(10)21)8-5-4-7(2)9(16)6-8/h4-6,10,12H,3H2,1-2H3. The van der Waals surface area contributed by atoms with Crippen LogP contribution in [0.3, 0.4) is 0 Å². The Morgan fingerprint density at radius 3 is 2.68 bits per heavy atom. The van der Waals surface area contributed by atoms with Gasteiger partial charge in [0.15, 0.2) is 11.8 Å². The molecule has 0 aliphatic carbocycles. The molecule has 0 saturated carbocycles. The minimum absolute atomic E-state index is 0.0587. The molecule has 2 atom stereocenters. The maximum absolute atomic E-state index is 12.8. The maximum atomic E-state index is 12.8. The SMILES string of the molecule is CCOC(=O)C1=NN(N=O)C2C(=O)N(c3ccc(C)c(Cl)c3)C(=O)C12. The van der Waals surface area contributed by atoms with Gasteiger partial charge in [0.05, 0.1) is 17.6 Å². The number of imide groups is 1. The quantitative estimate of drug-likeness (QED) is 0.454. The van der Waals surface area contributed by atoms with Crippen molar-refractivity contribution in [2.45, 2.75) is 19.9 Å². The van der Waals surface area contributed by atoms with Gasteiger partial charge in [-0.15, -0.1) is 15.1 Å². The number of carbonyl (C=O) groups excluding carboxylic acids is 3. The first-order chi connectivity index (χ1) is 11.9. The second kappa shape index (κ2) is 6.25. The highest BCUT2D eigenvalue weighted by Crippen LogP contribution is 2.36. The number of benzene rings is 1. The number of aryl methyl sites for hydroxylation is 1. The molecule has 2 aliphatic heterocycles. The second-order valence-electron chi connectivity index (χ2n) is 5.48. The first-order valence-corrected chi connectivity index (χ1v) is 7.80. The number of rotatable bonds is 4. The number of hydrogen-bond donors (Lipinski definition) is 0. The van der Waals surface area contributed by atoms with Crippen LogP contribution in [0.25, 0.3) is 0 Å². The number of halogens is 1. The van der Waals surface area contributed by atoms with E-state index in [4.69, 9.17) is 16.3 Å². The number of esters is 1. The summed E-state index contributed by atoms with van der Waals surface area (Å²) in [5.41, 5.74) is 0.703. The van der Waals surface area contributed by atoms with Crippen LogP contribution in [0.2, 0.25) is 5.02 Å². The lowest BCUT2D eigenvalue weighted by molar-refractivity contribution is -0.136. The zero-order chi connectivity index (χ0) is 18.3. The van der Waals surface area contributed by atoms with Crippen LogP contribution in [0.15, 0.2) is 28.6 Å². The molecule has 0 aromatic heterocycles. The molecule has 1 saturated heterocycles. The zero-order valence-corrected chi connectivity index (χ0v) is 14.1. The van der Waals surface area contributed by atoms with Crippen molar-refractivity contribution < 1.29 is 19.1 Å². The first kappa shape index (κ1) is 17.0. The third-order valence-electron chi connectivity index (χ3n) is 4.01. The van der Waals surface area contributed by atoms with Gasteiger partial charge in [-0.2, -0.15) is 0 Å². The van der Waals surface area contributed by atoms with E-state index in [0.717, 1.165) is 10.5 Å². The fraction of sp³-hybridized carbons (Fsp3) is 0.333. The van der Waals surface area contributed by atoms with E-state index in [1.54, 1.807) is 26.0 Å². The van der Waals surface area contributed by atoms with E-state index in [-0.39, 0.29) is 18.0 Å². The smallest absolute Gasteiger partial charge is 0.355 e. The fourth-order valence-electron chi connectivity index (χ4n) is 2.81. The number of ether oxygens (including phenoxy) is 1. The number of nitroso groups, excluding NO2 is 1. The van der Waals surface area contributed by atoms with Crippen LogP contribution < -0.4 is 4.90 Å². The average molecular weight is 365 g/mol. The summed E-state index contributed by atoms with van der Waals surface area (Å²) >= 11 is 6.06. The lowest BCUT2D eigenvalue weighted by Crippen LogP contribution is -2.36. The van der Waals surface area contributed by atoms with E-state index < -0.39 is 29.7 Å². The lowest BCUT2D eigenvalue weighted by atomic mass is 9.98. The highest BCUT2D eigenvalue weighted by Gasteiger charge is 2.59. The lowest BCUT2D eigenvalue weighted by Gasteiger charge is -2.17. The van der Waals surface area contributed by atoms with Crippen LogP contribution in [-0.4, -0.2) is 41.3 Å². The average Bonchev–Trinajstić information content (AvgIpc) is 3.08. The molecule has 1 aromatic rings. The van der Waals surface area contributed by atoms with Gasteiger partial charge in [0.1, 0.15) is 5.92 Å². The molecular formula is C15H13ClN4O5. The van der Waals surface area contributed by atoms with Gasteiger partial charge in [-0.05, 0) is 31.5 Å². The van der Waals surface area contributed by atoms with Crippen molar-refractivity contribution in [2.75, 3.05) is 11.5 Å². The van der Waals surface area contributed by atoms with Gasteiger partial charge >= 0.3 is 5.97 Å². The summed E-state index contributed by atoms with van der Waals surface area (Å²) in [5.74, 6) is -3.51. The van der Waals surface area contributed by atoms with Gasteiger partial charge in [0.2, 0.25) is 5.91 Å². The van der Waals surface area contributed by atoms with Gasteiger partial charge < -0.3 is 4.74 Å².